The first-order chi connectivity index (χ1) is 13.7. The molecule has 8 heteroatoms. The first-order valence-corrected chi connectivity index (χ1v) is 10.7. The summed E-state index contributed by atoms with van der Waals surface area (Å²) in [4.78, 5) is 12.3. The second-order valence-electron chi connectivity index (χ2n) is 6.47. The summed E-state index contributed by atoms with van der Waals surface area (Å²) >= 11 is 0. The summed E-state index contributed by atoms with van der Waals surface area (Å²) in [7, 11) is -2.00. The van der Waals surface area contributed by atoms with Gasteiger partial charge in [0.05, 0.1) is 18.6 Å². The van der Waals surface area contributed by atoms with Crippen LogP contribution in [0.3, 0.4) is 0 Å². The largest absolute Gasteiger partial charge is 0.493 e. The average Bonchev–Trinajstić information content (AvgIpc) is 2.66. The first-order valence-electron chi connectivity index (χ1n) is 9.17. The van der Waals surface area contributed by atoms with E-state index in [4.69, 9.17) is 9.47 Å². The Morgan fingerprint density at radius 3 is 2.38 bits per heavy atom. The van der Waals surface area contributed by atoms with Gasteiger partial charge in [0.15, 0.2) is 11.5 Å². The van der Waals surface area contributed by atoms with Gasteiger partial charge in [0.25, 0.3) is 0 Å². The second kappa shape index (κ2) is 10.1. The molecule has 0 saturated heterocycles. The zero-order valence-corrected chi connectivity index (χ0v) is 17.7. The lowest BCUT2D eigenvalue weighted by Gasteiger charge is -2.10. The molecule has 0 saturated carbocycles. The van der Waals surface area contributed by atoms with Gasteiger partial charge in [0.1, 0.15) is 0 Å². The quantitative estimate of drug-likeness (QED) is 0.609. The van der Waals surface area contributed by atoms with Crippen LogP contribution in [-0.2, 0) is 14.8 Å². The molecule has 7 nitrogen and oxygen atoms in total. The van der Waals surface area contributed by atoms with E-state index >= 15 is 0 Å². The first kappa shape index (κ1) is 22.4. The van der Waals surface area contributed by atoms with Gasteiger partial charge in [-0.3, -0.25) is 4.79 Å². The van der Waals surface area contributed by atoms with Crippen molar-refractivity contribution in [3.8, 4) is 11.5 Å². The molecular weight excluding hydrogens is 392 g/mol. The highest BCUT2D eigenvalue weighted by molar-refractivity contribution is 7.89. The van der Waals surface area contributed by atoms with Crippen LogP contribution in [0.4, 0.5) is 5.69 Å². The molecule has 2 aromatic rings. The summed E-state index contributed by atoms with van der Waals surface area (Å²) in [6.07, 6.45) is 3.05. The summed E-state index contributed by atoms with van der Waals surface area (Å²) in [5.41, 5.74) is 1.28. The average molecular weight is 419 g/mol. The Morgan fingerprint density at radius 2 is 1.79 bits per heavy atom. The summed E-state index contributed by atoms with van der Waals surface area (Å²) in [5.74, 6) is 0.884. The molecule has 156 valence electrons. The van der Waals surface area contributed by atoms with Crippen molar-refractivity contribution >= 4 is 27.7 Å². The summed E-state index contributed by atoms with van der Waals surface area (Å²) in [6.45, 7) is 5.88. The molecular formula is C21H26N2O5S. The number of sulfonamides is 1. The van der Waals surface area contributed by atoms with Crippen molar-refractivity contribution in [2.75, 3.05) is 19.0 Å². The van der Waals surface area contributed by atoms with E-state index in [2.05, 4.69) is 10.0 Å². The molecule has 0 fully saturated rings. The van der Waals surface area contributed by atoms with Crippen LogP contribution in [0.2, 0.25) is 0 Å². The van der Waals surface area contributed by atoms with E-state index in [1.165, 1.54) is 18.2 Å². The zero-order chi connectivity index (χ0) is 21.4. The molecule has 2 rings (SSSR count). The van der Waals surface area contributed by atoms with Gasteiger partial charge in [-0.2, -0.15) is 0 Å². The highest BCUT2D eigenvalue weighted by Crippen LogP contribution is 2.28. The van der Waals surface area contributed by atoms with Crippen molar-refractivity contribution in [2.24, 2.45) is 0 Å². The Hall–Kier alpha value is -2.84. The minimum atomic E-state index is -3.56. The van der Waals surface area contributed by atoms with Crippen LogP contribution in [0, 0.1) is 0 Å². The normalized spacial score (nSPS) is 11.6. The summed E-state index contributed by atoms with van der Waals surface area (Å²) < 4.78 is 37.5. The minimum Gasteiger partial charge on any atom is -0.493 e. The van der Waals surface area contributed by atoms with Crippen LogP contribution >= 0.6 is 0 Å². The molecule has 29 heavy (non-hydrogen) atoms. The Labute approximate surface area is 171 Å². The lowest BCUT2D eigenvalue weighted by atomic mass is 10.2. The molecule has 0 aromatic heterocycles. The van der Waals surface area contributed by atoms with Crippen molar-refractivity contribution in [2.45, 2.75) is 31.7 Å². The number of benzene rings is 2. The molecule has 0 bridgehead atoms. The maximum absolute atomic E-state index is 12.2. The van der Waals surface area contributed by atoms with E-state index in [1.807, 2.05) is 13.0 Å². The molecule has 1 amide bonds. The fraction of sp³-hybridized carbons (Fsp3) is 0.286. The number of rotatable bonds is 9. The molecule has 0 atom stereocenters. The van der Waals surface area contributed by atoms with Crippen LogP contribution in [0.25, 0.3) is 6.08 Å². The maximum Gasteiger partial charge on any atom is 0.248 e. The standard InChI is InChI=1S/C21H26N2O5S/c1-5-28-20-14-16(6-12-19(20)27-4)7-13-21(24)22-17-8-10-18(11-9-17)29(25,26)23-15(2)3/h6-15,23H,5H2,1-4H3,(H,22,24)/b13-7+. The van der Waals surface area contributed by atoms with Crippen molar-refractivity contribution in [1.29, 1.82) is 0 Å². The van der Waals surface area contributed by atoms with Crippen LogP contribution < -0.4 is 19.5 Å². The van der Waals surface area contributed by atoms with Crippen LogP contribution in [0.5, 0.6) is 11.5 Å². The monoisotopic (exact) mass is 418 g/mol. The van der Waals surface area contributed by atoms with Gasteiger partial charge in [0.2, 0.25) is 15.9 Å². The van der Waals surface area contributed by atoms with E-state index in [0.29, 0.717) is 23.8 Å². The Morgan fingerprint density at radius 1 is 1.10 bits per heavy atom. The van der Waals surface area contributed by atoms with Gasteiger partial charge in [-0.05, 0) is 68.8 Å². The van der Waals surface area contributed by atoms with Gasteiger partial charge in [-0.1, -0.05) is 6.07 Å². The van der Waals surface area contributed by atoms with Crippen molar-refractivity contribution in [3.05, 3.63) is 54.1 Å². The SMILES string of the molecule is CCOc1cc(/C=C/C(=O)Nc2ccc(S(=O)(=O)NC(C)C)cc2)ccc1OC. The molecule has 0 spiro atoms. The van der Waals surface area contributed by atoms with Gasteiger partial charge >= 0.3 is 0 Å². The lowest BCUT2D eigenvalue weighted by Crippen LogP contribution is -2.30. The molecule has 0 aliphatic carbocycles. The number of hydrogen-bond donors (Lipinski definition) is 2. The van der Waals surface area contributed by atoms with E-state index in [9.17, 15) is 13.2 Å². The molecule has 0 aliphatic rings. The van der Waals surface area contributed by atoms with Crippen LogP contribution in [-0.4, -0.2) is 34.1 Å². The summed E-state index contributed by atoms with van der Waals surface area (Å²) in [5, 5.41) is 2.70. The van der Waals surface area contributed by atoms with Crippen molar-refractivity contribution in [1.82, 2.24) is 4.72 Å². The lowest BCUT2D eigenvalue weighted by molar-refractivity contribution is -0.111. The van der Waals surface area contributed by atoms with Crippen LogP contribution in [0.1, 0.15) is 26.3 Å². The smallest absolute Gasteiger partial charge is 0.248 e. The molecule has 2 N–H and O–H groups in total. The zero-order valence-electron chi connectivity index (χ0n) is 16.9. The number of hydrogen-bond acceptors (Lipinski definition) is 5. The Balaban J connectivity index is 2.05. The highest BCUT2D eigenvalue weighted by Gasteiger charge is 2.15. The van der Waals surface area contributed by atoms with E-state index in [1.54, 1.807) is 51.3 Å². The van der Waals surface area contributed by atoms with E-state index < -0.39 is 10.0 Å². The van der Waals surface area contributed by atoms with Gasteiger partial charge in [0, 0.05) is 17.8 Å². The Kier molecular flexibility index (Phi) is 7.81. The second-order valence-corrected chi connectivity index (χ2v) is 8.18. The predicted octanol–water partition coefficient (Wildman–Crippen LogP) is 3.43. The number of amides is 1. The van der Waals surface area contributed by atoms with Gasteiger partial charge in [-0.15, -0.1) is 0 Å². The third kappa shape index (κ3) is 6.62. The van der Waals surface area contributed by atoms with Gasteiger partial charge in [-0.25, -0.2) is 13.1 Å². The summed E-state index contributed by atoms with van der Waals surface area (Å²) in [6, 6.07) is 11.1. The third-order valence-corrected chi connectivity index (χ3v) is 5.41. The van der Waals surface area contributed by atoms with Gasteiger partial charge < -0.3 is 14.8 Å². The Bertz CT molecular complexity index is 967. The van der Waals surface area contributed by atoms with E-state index in [-0.39, 0.29) is 16.8 Å². The number of carbonyl (C=O) groups excluding carboxylic acids is 1. The van der Waals surface area contributed by atoms with E-state index in [0.717, 1.165) is 5.56 Å². The third-order valence-electron chi connectivity index (χ3n) is 3.74. The fourth-order valence-corrected chi connectivity index (χ4v) is 3.77. The number of anilines is 1. The fourth-order valence-electron chi connectivity index (χ4n) is 2.52. The van der Waals surface area contributed by atoms with Crippen molar-refractivity contribution < 1.29 is 22.7 Å². The number of carbonyl (C=O) groups is 1. The maximum atomic E-state index is 12.2. The molecule has 0 aliphatic heterocycles. The molecule has 0 radical (unpaired) electrons. The molecule has 0 unspecified atom stereocenters. The van der Waals surface area contributed by atoms with Crippen molar-refractivity contribution in [3.63, 3.8) is 0 Å². The number of methoxy groups -OCH3 is 1. The topological polar surface area (TPSA) is 93.7 Å². The minimum absolute atomic E-state index is 0.140. The molecule has 0 heterocycles. The predicted molar refractivity (Wildman–Crippen MR) is 114 cm³/mol. The van der Waals surface area contributed by atoms with Crippen LogP contribution in [0.15, 0.2) is 53.4 Å². The highest BCUT2D eigenvalue weighted by atomic mass is 32.2. The number of nitrogens with one attached hydrogen (secondary N) is 2. The molecule has 2 aromatic carbocycles. The number of ether oxygens (including phenoxy) is 2.